The first kappa shape index (κ1) is 14.1. The van der Waals surface area contributed by atoms with Crippen LogP contribution in [-0.2, 0) is 5.41 Å². The summed E-state index contributed by atoms with van der Waals surface area (Å²) in [6.45, 7) is 6.39. The molecule has 1 aromatic carbocycles. The largest absolute Gasteiger partial charge is 0.319 e. The van der Waals surface area contributed by atoms with E-state index >= 15 is 0 Å². The zero-order valence-electron chi connectivity index (χ0n) is 12.4. The Kier molecular flexibility index (Phi) is 3.47. The standard InChI is InChI=1S/C16H18N4S/c1-16(2,3)15-14(21-20-19-15)13(17)11-6-4-8-12-10(11)7-5-9-18-12/h4-9,13H,17H2,1-3H3. The third-order valence-corrected chi connectivity index (χ3v) is 4.33. The van der Waals surface area contributed by atoms with Crippen LogP contribution in [0, 0.1) is 0 Å². The number of benzene rings is 1. The van der Waals surface area contributed by atoms with Crippen molar-refractivity contribution in [2.24, 2.45) is 5.73 Å². The van der Waals surface area contributed by atoms with Crippen LogP contribution >= 0.6 is 11.5 Å². The molecular formula is C16H18N4S. The number of pyridine rings is 1. The lowest BCUT2D eigenvalue weighted by Crippen LogP contribution is -2.19. The lowest BCUT2D eigenvalue weighted by atomic mass is 9.88. The molecule has 4 nitrogen and oxygen atoms in total. The Hall–Kier alpha value is -1.85. The van der Waals surface area contributed by atoms with Crippen molar-refractivity contribution in [1.29, 1.82) is 0 Å². The molecule has 2 heterocycles. The number of aromatic nitrogens is 3. The highest BCUT2D eigenvalue weighted by Gasteiger charge is 2.27. The molecule has 1 unspecified atom stereocenters. The molecule has 3 rings (SSSR count). The third kappa shape index (κ3) is 2.54. The highest BCUT2D eigenvalue weighted by Crippen LogP contribution is 2.34. The Bertz CT molecular complexity index is 768. The first-order chi connectivity index (χ1) is 9.98. The fourth-order valence-corrected chi connectivity index (χ4v) is 3.35. The van der Waals surface area contributed by atoms with E-state index in [2.05, 4.69) is 47.5 Å². The van der Waals surface area contributed by atoms with Crippen LogP contribution in [0.4, 0.5) is 0 Å². The molecule has 5 heteroatoms. The number of nitrogens with zero attached hydrogens (tertiary/aromatic N) is 3. The van der Waals surface area contributed by atoms with E-state index in [-0.39, 0.29) is 11.5 Å². The van der Waals surface area contributed by atoms with Crippen molar-refractivity contribution in [3.05, 3.63) is 52.7 Å². The molecular weight excluding hydrogens is 280 g/mol. The van der Waals surface area contributed by atoms with E-state index in [1.54, 1.807) is 6.20 Å². The summed E-state index contributed by atoms with van der Waals surface area (Å²) in [7, 11) is 0. The first-order valence-corrected chi connectivity index (χ1v) is 7.68. The molecule has 2 N–H and O–H groups in total. The summed E-state index contributed by atoms with van der Waals surface area (Å²) >= 11 is 1.38. The lowest BCUT2D eigenvalue weighted by molar-refractivity contribution is 0.557. The SMILES string of the molecule is CC(C)(C)c1nnsc1C(N)c1cccc2ncccc12. The third-order valence-electron chi connectivity index (χ3n) is 3.52. The Labute approximate surface area is 128 Å². The summed E-state index contributed by atoms with van der Waals surface area (Å²) in [4.78, 5) is 5.42. The number of fused-ring (bicyclic) bond motifs is 1. The summed E-state index contributed by atoms with van der Waals surface area (Å²) in [5, 5.41) is 5.37. The quantitative estimate of drug-likeness (QED) is 0.787. The van der Waals surface area contributed by atoms with Crippen molar-refractivity contribution in [1.82, 2.24) is 14.6 Å². The molecule has 2 aromatic heterocycles. The van der Waals surface area contributed by atoms with Gasteiger partial charge in [0.2, 0.25) is 0 Å². The Morgan fingerprint density at radius 2 is 1.95 bits per heavy atom. The van der Waals surface area contributed by atoms with Gasteiger partial charge in [-0.1, -0.05) is 43.5 Å². The molecule has 0 amide bonds. The average molecular weight is 298 g/mol. The number of hydrogen-bond acceptors (Lipinski definition) is 5. The molecule has 0 aliphatic rings. The predicted octanol–water partition coefficient (Wildman–Crippen LogP) is 3.43. The molecule has 0 saturated carbocycles. The van der Waals surface area contributed by atoms with Crippen LogP contribution in [0.5, 0.6) is 0 Å². The van der Waals surface area contributed by atoms with E-state index in [1.165, 1.54) is 11.5 Å². The van der Waals surface area contributed by atoms with Crippen LogP contribution in [0.25, 0.3) is 10.9 Å². The number of hydrogen-bond donors (Lipinski definition) is 1. The molecule has 0 aliphatic heterocycles. The highest BCUT2D eigenvalue weighted by molar-refractivity contribution is 7.05. The average Bonchev–Trinajstić information content (AvgIpc) is 2.95. The second-order valence-electron chi connectivity index (χ2n) is 6.13. The van der Waals surface area contributed by atoms with Crippen molar-refractivity contribution in [3.63, 3.8) is 0 Å². The second kappa shape index (κ2) is 5.16. The summed E-state index contributed by atoms with van der Waals surface area (Å²) in [5.74, 6) is 0. The highest BCUT2D eigenvalue weighted by atomic mass is 32.1. The molecule has 108 valence electrons. The first-order valence-electron chi connectivity index (χ1n) is 6.90. The molecule has 3 aromatic rings. The zero-order valence-corrected chi connectivity index (χ0v) is 13.2. The van der Waals surface area contributed by atoms with Crippen LogP contribution in [0.3, 0.4) is 0 Å². The van der Waals surface area contributed by atoms with E-state index in [0.29, 0.717) is 0 Å². The van der Waals surface area contributed by atoms with Crippen molar-refractivity contribution >= 4 is 22.4 Å². The molecule has 0 fully saturated rings. The molecule has 1 atom stereocenters. The molecule has 0 bridgehead atoms. The predicted molar refractivity (Wildman–Crippen MR) is 86.4 cm³/mol. The summed E-state index contributed by atoms with van der Waals surface area (Å²) in [5.41, 5.74) is 9.46. The van der Waals surface area contributed by atoms with E-state index in [1.807, 2.05) is 18.2 Å². The minimum absolute atomic E-state index is 0.0667. The van der Waals surface area contributed by atoms with Crippen LogP contribution in [0.15, 0.2) is 36.5 Å². The van der Waals surface area contributed by atoms with Crippen LogP contribution < -0.4 is 5.73 Å². The summed E-state index contributed by atoms with van der Waals surface area (Å²) in [6, 6.07) is 9.82. The second-order valence-corrected chi connectivity index (χ2v) is 6.92. The van der Waals surface area contributed by atoms with Gasteiger partial charge in [0, 0.05) is 17.0 Å². The Balaban J connectivity index is 2.14. The van der Waals surface area contributed by atoms with Crippen molar-refractivity contribution in [2.45, 2.75) is 32.2 Å². The summed E-state index contributed by atoms with van der Waals surface area (Å²) < 4.78 is 4.11. The van der Waals surface area contributed by atoms with Crippen LogP contribution in [0.1, 0.15) is 42.9 Å². The van der Waals surface area contributed by atoms with Gasteiger partial charge in [0.15, 0.2) is 0 Å². The summed E-state index contributed by atoms with van der Waals surface area (Å²) in [6.07, 6.45) is 1.80. The Morgan fingerprint density at radius 3 is 2.71 bits per heavy atom. The van der Waals surface area contributed by atoms with Crippen molar-refractivity contribution in [3.8, 4) is 0 Å². The van der Waals surface area contributed by atoms with Gasteiger partial charge >= 0.3 is 0 Å². The van der Waals surface area contributed by atoms with Gasteiger partial charge < -0.3 is 5.73 Å². The molecule has 0 aliphatic carbocycles. The molecule has 0 radical (unpaired) electrons. The molecule has 0 saturated heterocycles. The van der Waals surface area contributed by atoms with E-state index in [4.69, 9.17) is 5.73 Å². The van der Waals surface area contributed by atoms with Gasteiger partial charge in [-0.15, -0.1) is 5.10 Å². The van der Waals surface area contributed by atoms with Gasteiger partial charge in [-0.3, -0.25) is 4.98 Å². The van der Waals surface area contributed by atoms with Crippen LogP contribution in [-0.4, -0.2) is 14.6 Å². The fraction of sp³-hybridized carbons (Fsp3) is 0.312. The maximum atomic E-state index is 6.53. The van der Waals surface area contributed by atoms with Gasteiger partial charge in [0.25, 0.3) is 0 Å². The maximum absolute atomic E-state index is 6.53. The number of nitrogens with two attached hydrogens (primary N) is 1. The smallest absolute Gasteiger partial charge is 0.0860 e. The zero-order chi connectivity index (χ0) is 15.0. The van der Waals surface area contributed by atoms with Gasteiger partial charge in [0.1, 0.15) is 0 Å². The van der Waals surface area contributed by atoms with Gasteiger partial charge in [-0.05, 0) is 29.2 Å². The van der Waals surface area contributed by atoms with Gasteiger partial charge in [0.05, 0.1) is 22.1 Å². The fourth-order valence-electron chi connectivity index (χ4n) is 2.46. The van der Waals surface area contributed by atoms with Crippen molar-refractivity contribution in [2.75, 3.05) is 0 Å². The number of rotatable bonds is 2. The normalized spacial score (nSPS) is 13.5. The molecule has 0 spiro atoms. The Morgan fingerprint density at radius 1 is 1.14 bits per heavy atom. The van der Waals surface area contributed by atoms with Gasteiger partial charge in [-0.2, -0.15) is 0 Å². The minimum Gasteiger partial charge on any atom is -0.319 e. The minimum atomic E-state index is -0.230. The van der Waals surface area contributed by atoms with E-state index in [9.17, 15) is 0 Å². The van der Waals surface area contributed by atoms with E-state index < -0.39 is 0 Å². The monoisotopic (exact) mass is 298 g/mol. The lowest BCUT2D eigenvalue weighted by Gasteiger charge is -2.20. The van der Waals surface area contributed by atoms with E-state index in [0.717, 1.165) is 27.0 Å². The van der Waals surface area contributed by atoms with Crippen molar-refractivity contribution < 1.29 is 0 Å². The van der Waals surface area contributed by atoms with Crippen LogP contribution in [0.2, 0.25) is 0 Å². The molecule has 21 heavy (non-hydrogen) atoms. The maximum Gasteiger partial charge on any atom is 0.0860 e. The topological polar surface area (TPSA) is 64.7 Å². The van der Waals surface area contributed by atoms with Gasteiger partial charge in [-0.25, -0.2) is 0 Å².